The van der Waals surface area contributed by atoms with E-state index in [1.807, 2.05) is 0 Å². The molecule has 3 aromatic rings. The minimum Gasteiger partial charge on any atom is -0.432 e. The van der Waals surface area contributed by atoms with Crippen LogP contribution in [0, 0.1) is 15.9 Å². The van der Waals surface area contributed by atoms with E-state index in [2.05, 4.69) is 4.98 Å². The van der Waals surface area contributed by atoms with Crippen LogP contribution in [0.4, 0.5) is 28.9 Å². The van der Waals surface area contributed by atoms with Gasteiger partial charge in [0.2, 0.25) is 0 Å². The van der Waals surface area contributed by atoms with Crippen LogP contribution in [0.2, 0.25) is 5.02 Å². The van der Waals surface area contributed by atoms with Crippen LogP contribution < -0.4 is 21.7 Å². The molecule has 0 saturated heterocycles. The van der Waals surface area contributed by atoms with Crippen LogP contribution in [-0.2, 0) is 6.18 Å². The van der Waals surface area contributed by atoms with E-state index in [1.165, 1.54) is 11.1 Å². The molecule has 0 radical (unpaired) electrons. The van der Waals surface area contributed by atoms with Crippen LogP contribution in [0.15, 0.2) is 40.1 Å². The van der Waals surface area contributed by atoms with E-state index in [0.29, 0.717) is 6.07 Å². The number of hydrogen-bond donors (Lipinski definition) is 2. The lowest BCUT2D eigenvalue weighted by molar-refractivity contribution is -0.386. The van der Waals surface area contributed by atoms with Crippen molar-refractivity contribution in [1.29, 1.82) is 0 Å². The van der Waals surface area contributed by atoms with Crippen molar-refractivity contribution < 1.29 is 27.2 Å². The van der Waals surface area contributed by atoms with E-state index in [-0.39, 0.29) is 10.6 Å². The third-order valence-electron chi connectivity index (χ3n) is 3.82. The van der Waals surface area contributed by atoms with E-state index in [0.717, 1.165) is 12.3 Å². The molecule has 1 aromatic carbocycles. The first-order chi connectivity index (χ1) is 14.4. The molecule has 0 fully saturated rings. The number of hydrogen-bond acceptors (Lipinski definition) is 7. The van der Waals surface area contributed by atoms with Crippen molar-refractivity contribution in [3.05, 3.63) is 77.9 Å². The van der Waals surface area contributed by atoms with Gasteiger partial charge in [-0.2, -0.15) is 13.2 Å². The Balaban J connectivity index is 2.22. The number of alkyl halides is 3. The highest BCUT2D eigenvalue weighted by atomic mass is 35.5. The predicted molar refractivity (Wildman–Crippen MR) is 98.0 cm³/mol. The van der Waals surface area contributed by atoms with Gasteiger partial charge in [-0.25, -0.2) is 18.7 Å². The zero-order chi connectivity index (χ0) is 23.1. The fraction of sp³-hybridized carbons (Fsp3) is 0.0625. The Kier molecular flexibility index (Phi) is 5.42. The Morgan fingerprint density at radius 3 is 2.55 bits per heavy atom. The van der Waals surface area contributed by atoms with Crippen LogP contribution in [0.5, 0.6) is 11.6 Å². The number of nitrogens with one attached hydrogen (secondary N) is 1. The minimum absolute atomic E-state index is 0.0248. The van der Waals surface area contributed by atoms with E-state index in [4.69, 9.17) is 22.1 Å². The molecule has 162 valence electrons. The maximum absolute atomic E-state index is 14.6. The summed E-state index contributed by atoms with van der Waals surface area (Å²) in [4.78, 5) is 39.5. The van der Waals surface area contributed by atoms with Crippen molar-refractivity contribution in [1.82, 2.24) is 14.5 Å². The van der Waals surface area contributed by atoms with Gasteiger partial charge in [0, 0.05) is 24.4 Å². The topological polar surface area (TPSA) is 146 Å². The lowest BCUT2D eigenvalue weighted by Gasteiger charge is -2.14. The van der Waals surface area contributed by atoms with Crippen LogP contribution in [-0.4, -0.2) is 19.5 Å². The van der Waals surface area contributed by atoms with Crippen LogP contribution >= 0.6 is 11.6 Å². The number of nitrogens with zero attached hydrogens (tertiary/aromatic N) is 3. The molecule has 2 aromatic heterocycles. The zero-order valence-electron chi connectivity index (χ0n) is 14.7. The number of nitrogen functional groups attached to an aromatic ring is 1. The molecule has 10 nitrogen and oxygen atoms in total. The van der Waals surface area contributed by atoms with E-state index in [1.54, 1.807) is 0 Å². The molecule has 0 bridgehead atoms. The van der Waals surface area contributed by atoms with Crippen LogP contribution in [0.1, 0.15) is 5.69 Å². The highest BCUT2D eigenvalue weighted by molar-refractivity contribution is 6.34. The maximum atomic E-state index is 14.6. The van der Waals surface area contributed by atoms with Gasteiger partial charge in [0.15, 0.2) is 11.6 Å². The Bertz CT molecular complexity index is 1290. The second-order valence-corrected chi connectivity index (χ2v) is 6.16. The fourth-order valence-electron chi connectivity index (χ4n) is 2.44. The Hall–Kier alpha value is -3.94. The summed E-state index contributed by atoms with van der Waals surface area (Å²) in [5, 5.41) is 10.5. The lowest BCUT2D eigenvalue weighted by Crippen LogP contribution is -2.36. The summed E-state index contributed by atoms with van der Waals surface area (Å²) in [5.74, 6) is -2.55. The van der Waals surface area contributed by atoms with Gasteiger partial charge in [0.1, 0.15) is 10.7 Å². The standard InChI is InChI=1S/C16H8ClF4N5O5/c17-11-8(31-14-6(26(29)30)2-1-3-23-14)4-7(12(18)13(11)22)25-10(27)5-9(16(19,20)21)24-15(25)28/h1-5H,22H2,(H,24,28). The number of rotatable bonds is 4. The lowest BCUT2D eigenvalue weighted by atomic mass is 10.2. The molecule has 0 atom stereocenters. The molecule has 0 aliphatic heterocycles. The van der Waals surface area contributed by atoms with Crippen molar-refractivity contribution in [2.45, 2.75) is 6.18 Å². The number of anilines is 1. The van der Waals surface area contributed by atoms with Crippen LogP contribution in [0.25, 0.3) is 5.69 Å². The van der Waals surface area contributed by atoms with Crippen molar-refractivity contribution in [2.24, 2.45) is 0 Å². The average Bonchev–Trinajstić information content (AvgIpc) is 2.68. The Labute approximate surface area is 172 Å². The fourth-order valence-corrected chi connectivity index (χ4v) is 2.61. The molecular formula is C16H8ClF4N5O5. The van der Waals surface area contributed by atoms with Gasteiger partial charge in [-0.3, -0.25) is 14.9 Å². The normalized spacial score (nSPS) is 11.4. The van der Waals surface area contributed by atoms with Gasteiger partial charge in [-0.05, 0) is 6.07 Å². The Morgan fingerprint density at radius 2 is 1.97 bits per heavy atom. The van der Waals surface area contributed by atoms with Crippen molar-refractivity contribution in [3.63, 3.8) is 0 Å². The quantitative estimate of drug-likeness (QED) is 0.263. The van der Waals surface area contributed by atoms with Crippen molar-refractivity contribution >= 4 is 23.0 Å². The Morgan fingerprint density at radius 1 is 1.29 bits per heavy atom. The summed E-state index contributed by atoms with van der Waals surface area (Å²) in [6.45, 7) is 0. The molecule has 3 N–H and O–H groups in total. The molecule has 0 aliphatic carbocycles. The highest BCUT2D eigenvalue weighted by Crippen LogP contribution is 2.39. The summed E-state index contributed by atoms with van der Waals surface area (Å²) >= 11 is 5.89. The van der Waals surface area contributed by atoms with E-state index in [9.17, 15) is 37.3 Å². The molecule has 15 heteroatoms. The molecular weight excluding hydrogens is 454 g/mol. The summed E-state index contributed by atoms with van der Waals surface area (Å²) in [5.41, 5.74) is -1.64. The molecule has 0 amide bonds. The SMILES string of the molecule is Nc1c(F)c(-n2c(=O)cc(C(F)(F)F)[nH]c2=O)cc(Oc2ncccc2[N+](=O)[O-])c1Cl. The number of aromatic nitrogens is 3. The number of ether oxygens (including phenoxy) is 1. The second-order valence-electron chi connectivity index (χ2n) is 5.78. The molecule has 3 rings (SSSR count). The first kappa shape index (κ1) is 21.8. The van der Waals surface area contributed by atoms with Gasteiger partial charge in [-0.1, -0.05) is 11.6 Å². The zero-order valence-corrected chi connectivity index (χ0v) is 15.5. The number of nitro groups is 1. The predicted octanol–water partition coefficient (Wildman–Crippen LogP) is 3.01. The summed E-state index contributed by atoms with van der Waals surface area (Å²) < 4.78 is 58.2. The number of halogens is 5. The van der Waals surface area contributed by atoms with Gasteiger partial charge in [-0.15, -0.1) is 0 Å². The van der Waals surface area contributed by atoms with E-state index < -0.39 is 67.6 Å². The summed E-state index contributed by atoms with van der Waals surface area (Å²) in [6.07, 6.45) is -3.91. The third-order valence-corrected chi connectivity index (χ3v) is 4.21. The van der Waals surface area contributed by atoms with Crippen molar-refractivity contribution in [2.75, 3.05) is 5.73 Å². The average molecular weight is 462 g/mol. The number of nitrogens with two attached hydrogens (primary N) is 1. The largest absolute Gasteiger partial charge is 0.432 e. The number of H-pyrrole nitrogens is 1. The molecule has 2 heterocycles. The molecule has 0 saturated carbocycles. The number of benzene rings is 1. The summed E-state index contributed by atoms with van der Waals surface area (Å²) in [6, 6.07) is 2.97. The monoisotopic (exact) mass is 461 g/mol. The molecule has 0 unspecified atom stereocenters. The first-order valence-corrected chi connectivity index (χ1v) is 8.28. The molecule has 0 spiro atoms. The maximum Gasteiger partial charge on any atom is 0.431 e. The third kappa shape index (κ3) is 4.05. The van der Waals surface area contributed by atoms with Gasteiger partial charge in [0.25, 0.3) is 11.4 Å². The van der Waals surface area contributed by atoms with E-state index >= 15 is 0 Å². The molecule has 31 heavy (non-hydrogen) atoms. The number of pyridine rings is 1. The second kappa shape index (κ2) is 7.71. The van der Waals surface area contributed by atoms with Crippen LogP contribution in [0.3, 0.4) is 0 Å². The van der Waals surface area contributed by atoms with Gasteiger partial charge in [0.05, 0.1) is 16.3 Å². The summed E-state index contributed by atoms with van der Waals surface area (Å²) in [7, 11) is 0. The smallest absolute Gasteiger partial charge is 0.431 e. The minimum atomic E-state index is -5.04. The number of aromatic amines is 1. The first-order valence-electron chi connectivity index (χ1n) is 7.90. The highest BCUT2D eigenvalue weighted by Gasteiger charge is 2.33. The van der Waals surface area contributed by atoms with Gasteiger partial charge >= 0.3 is 17.6 Å². The molecule has 0 aliphatic rings. The van der Waals surface area contributed by atoms with Crippen molar-refractivity contribution in [3.8, 4) is 17.3 Å². The van der Waals surface area contributed by atoms with Gasteiger partial charge < -0.3 is 15.5 Å².